The second kappa shape index (κ2) is 10.8. The molecule has 2 aromatic carbocycles. The number of nitrogens with zero attached hydrogens (tertiary/aromatic N) is 2. The summed E-state index contributed by atoms with van der Waals surface area (Å²) in [6.45, 7) is 1.15. The SMILES string of the molecule is Cc1cc(F)cc(C(F)(F)F)c1.[B]C1(c2cc(F)ccc2Cl)NC(=O)Cn2c(C(=O)NC)nc(NC=O)c21. The fourth-order valence-electron chi connectivity index (χ4n) is 3.80. The average molecular weight is 554 g/mol. The molecule has 4 rings (SSSR count). The zero-order chi connectivity index (χ0) is 28.4. The minimum atomic E-state index is -4.47. The number of carbonyl (C=O) groups is 3. The van der Waals surface area contributed by atoms with Crippen molar-refractivity contribution < 1.29 is 36.3 Å². The maximum Gasteiger partial charge on any atom is 0.416 e. The Morgan fingerprint density at radius 2 is 1.89 bits per heavy atom. The Labute approximate surface area is 219 Å². The molecular formula is C23H18BClF5N5O3. The maximum atomic E-state index is 13.8. The molecule has 8 nitrogen and oxygen atoms in total. The molecule has 0 fully saturated rings. The predicted octanol–water partition coefficient (Wildman–Crippen LogP) is 3.26. The van der Waals surface area contributed by atoms with Gasteiger partial charge in [-0.25, -0.2) is 13.8 Å². The molecule has 3 aromatic rings. The van der Waals surface area contributed by atoms with Gasteiger partial charge in [0.2, 0.25) is 18.1 Å². The number of amides is 3. The van der Waals surface area contributed by atoms with E-state index in [9.17, 15) is 36.3 Å². The predicted molar refractivity (Wildman–Crippen MR) is 128 cm³/mol. The fourth-order valence-corrected chi connectivity index (χ4v) is 4.07. The number of anilines is 1. The van der Waals surface area contributed by atoms with Gasteiger partial charge in [0.25, 0.3) is 5.91 Å². The van der Waals surface area contributed by atoms with Crippen molar-refractivity contribution >= 4 is 43.5 Å². The van der Waals surface area contributed by atoms with Gasteiger partial charge in [-0.05, 0) is 54.4 Å². The van der Waals surface area contributed by atoms with Crippen LogP contribution in [0.5, 0.6) is 0 Å². The number of hydrogen-bond donors (Lipinski definition) is 3. The van der Waals surface area contributed by atoms with Crippen LogP contribution in [0.15, 0.2) is 36.4 Å². The summed E-state index contributed by atoms with van der Waals surface area (Å²) in [6, 6.07) is 5.92. The van der Waals surface area contributed by atoms with Crippen LogP contribution in [-0.2, 0) is 27.7 Å². The highest BCUT2D eigenvalue weighted by Crippen LogP contribution is 2.38. The highest BCUT2D eigenvalue weighted by atomic mass is 35.5. The molecule has 3 amide bonds. The summed E-state index contributed by atoms with van der Waals surface area (Å²) in [5, 5.41) is 7.37. The molecule has 0 saturated heterocycles. The van der Waals surface area contributed by atoms with Crippen molar-refractivity contribution in [3.05, 3.63) is 81.3 Å². The summed E-state index contributed by atoms with van der Waals surface area (Å²) < 4.78 is 63.5. The Balaban J connectivity index is 0.000000279. The first-order valence-electron chi connectivity index (χ1n) is 10.6. The number of benzene rings is 2. The van der Waals surface area contributed by atoms with Crippen molar-refractivity contribution in [1.29, 1.82) is 0 Å². The Bertz CT molecular complexity index is 1390. The number of nitrogens with one attached hydrogen (secondary N) is 3. The van der Waals surface area contributed by atoms with Crippen LogP contribution in [0.25, 0.3) is 0 Å². The van der Waals surface area contributed by atoms with Crippen LogP contribution in [0.1, 0.15) is 33.0 Å². The van der Waals surface area contributed by atoms with Crippen molar-refractivity contribution in [1.82, 2.24) is 20.2 Å². The van der Waals surface area contributed by atoms with E-state index in [1.54, 1.807) is 0 Å². The normalized spacial score (nSPS) is 16.5. The average Bonchev–Trinajstić information content (AvgIpc) is 3.18. The molecule has 38 heavy (non-hydrogen) atoms. The highest BCUT2D eigenvalue weighted by molar-refractivity contribution is 6.33. The molecule has 2 radical (unpaired) electrons. The number of aromatic nitrogens is 2. The van der Waals surface area contributed by atoms with Crippen molar-refractivity contribution in [2.75, 3.05) is 12.4 Å². The van der Waals surface area contributed by atoms with E-state index in [1.807, 2.05) is 0 Å². The standard InChI is InChI=1S/C15H12BClFN5O3.C8H6F4/c1-19-14(26)13-21-12(20-6-24)11-15(16,22-10(25)5-23(11)13)8-4-7(18)2-3-9(8)17;1-5-2-6(8(10,11)12)4-7(9)3-5/h2-4,6H,5H2,1H3,(H,19,26)(H,20,24)(H,22,25);2-4H,1H3. The lowest BCUT2D eigenvalue weighted by atomic mass is 9.68. The summed E-state index contributed by atoms with van der Waals surface area (Å²) in [6.07, 6.45) is -4.12. The molecule has 0 spiro atoms. The number of alkyl halides is 3. The Morgan fingerprint density at radius 1 is 1.21 bits per heavy atom. The second-order valence-corrected chi connectivity index (χ2v) is 8.46. The van der Waals surface area contributed by atoms with Gasteiger partial charge in [0.05, 0.1) is 16.7 Å². The Morgan fingerprint density at radius 3 is 2.47 bits per heavy atom. The van der Waals surface area contributed by atoms with E-state index in [0.717, 1.165) is 24.3 Å². The quantitative estimate of drug-likeness (QED) is 0.262. The van der Waals surface area contributed by atoms with E-state index in [0.29, 0.717) is 12.5 Å². The molecule has 198 valence electrons. The molecule has 1 atom stereocenters. The Kier molecular flexibility index (Phi) is 8.15. The van der Waals surface area contributed by atoms with Gasteiger partial charge in [0, 0.05) is 12.1 Å². The number of fused-ring (bicyclic) bond motifs is 1. The van der Waals surface area contributed by atoms with Gasteiger partial charge in [-0.15, -0.1) is 0 Å². The summed E-state index contributed by atoms with van der Waals surface area (Å²) in [5.74, 6) is -2.81. The zero-order valence-electron chi connectivity index (χ0n) is 19.7. The number of hydrogen-bond acceptors (Lipinski definition) is 4. The lowest BCUT2D eigenvalue weighted by Crippen LogP contribution is -2.54. The third kappa shape index (κ3) is 5.80. The van der Waals surface area contributed by atoms with Crippen LogP contribution in [0.3, 0.4) is 0 Å². The minimum absolute atomic E-state index is 0.0470. The molecule has 1 aromatic heterocycles. The largest absolute Gasteiger partial charge is 0.416 e. The van der Waals surface area contributed by atoms with Gasteiger partial charge in [0.15, 0.2) is 5.82 Å². The number of imidazole rings is 1. The molecule has 15 heteroatoms. The van der Waals surface area contributed by atoms with Crippen LogP contribution < -0.4 is 16.0 Å². The lowest BCUT2D eigenvalue weighted by molar-refractivity contribution is -0.137. The Hall–Kier alpha value is -3.94. The van der Waals surface area contributed by atoms with E-state index in [2.05, 4.69) is 20.9 Å². The first kappa shape index (κ1) is 28.6. The lowest BCUT2D eigenvalue weighted by Gasteiger charge is -2.38. The highest BCUT2D eigenvalue weighted by Gasteiger charge is 2.43. The van der Waals surface area contributed by atoms with Gasteiger partial charge in [-0.1, -0.05) is 11.6 Å². The summed E-state index contributed by atoms with van der Waals surface area (Å²) in [7, 11) is 7.79. The topological polar surface area (TPSA) is 105 Å². The summed E-state index contributed by atoms with van der Waals surface area (Å²) >= 11 is 6.16. The summed E-state index contributed by atoms with van der Waals surface area (Å²) in [4.78, 5) is 39.4. The van der Waals surface area contributed by atoms with Gasteiger partial charge in [-0.2, -0.15) is 13.2 Å². The van der Waals surface area contributed by atoms with E-state index in [4.69, 9.17) is 19.4 Å². The van der Waals surface area contributed by atoms with Crippen LogP contribution >= 0.6 is 11.6 Å². The van der Waals surface area contributed by atoms with Gasteiger partial charge >= 0.3 is 6.18 Å². The van der Waals surface area contributed by atoms with Gasteiger partial charge < -0.3 is 20.5 Å². The van der Waals surface area contributed by atoms with Crippen molar-refractivity contribution in [3.8, 4) is 0 Å². The monoisotopic (exact) mass is 553 g/mol. The first-order chi connectivity index (χ1) is 17.7. The summed E-state index contributed by atoms with van der Waals surface area (Å²) in [5.41, 5.74) is -2.36. The number of halogens is 6. The van der Waals surface area contributed by atoms with Gasteiger partial charge in [0.1, 0.15) is 26.0 Å². The maximum absolute atomic E-state index is 13.8. The van der Waals surface area contributed by atoms with E-state index >= 15 is 0 Å². The van der Waals surface area contributed by atoms with Crippen LogP contribution in [0.4, 0.5) is 27.8 Å². The number of aryl methyl sites for hydroxylation is 1. The fraction of sp³-hybridized carbons (Fsp3) is 0.217. The third-order valence-corrected chi connectivity index (χ3v) is 5.66. The van der Waals surface area contributed by atoms with Crippen LogP contribution in [0, 0.1) is 18.6 Å². The zero-order valence-corrected chi connectivity index (χ0v) is 20.5. The molecular weight excluding hydrogens is 536 g/mol. The van der Waals surface area contributed by atoms with Crippen LogP contribution in [-0.4, -0.2) is 42.7 Å². The molecule has 1 aliphatic rings. The molecule has 0 saturated carbocycles. The van der Waals surface area contributed by atoms with Gasteiger partial charge in [-0.3, -0.25) is 14.4 Å². The third-order valence-electron chi connectivity index (χ3n) is 5.33. The molecule has 0 bridgehead atoms. The molecule has 3 N–H and O–H groups in total. The minimum Gasteiger partial charge on any atom is -0.352 e. The van der Waals surface area contributed by atoms with Crippen molar-refractivity contribution in [2.45, 2.75) is 25.1 Å². The smallest absolute Gasteiger partial charge is 0.352 e. The van der Waals surface area contributed by atoms with Crippen molar-refractivity contribution in [2.24, 2.45) is 0 Å². The molecule has 1 unspecified atom stereocenters. The van der Waals surface area contributed by atoms with E-state index < -0.39 is 40.6 Å². The van der Waals surface area contributed by atoms with E-state index in [1.165, 1.54) is 24.6 Å². The van der Waals surface area contributed by atoms with E-state index in [-0.39, 0.29) is 40.0 Å². The molecule has 2 heterocycles. The second-order valence-electron chi connectivity index (χ2n) is 8.06. The number of carbonyl (C=O) groups excluding carboxylic acids is 3. The van der Waals surface area contributed by atoms with Crippen molar-refractivity contribution in [3.63, 3.8) is 0 Å². The first-order valence-corrected chi connectivity index (χ1v) is 11.0. The molecule has 0 aliphatic carbocycles. The molecule has 1 aliphatic heterocycles. The van der Waals surface area contributed by atoms with Crippen LogP contribution in [0.2, 0.25) is 5.02 Å². The number of rotatable bonds is 4.